The Morgan fingerprint density at radius 1 is 1.48 bits per heavy atom. The van der Waals surface area contributed by atoms with E-state index in [1.165, 1.54) is 12.1 Å². The number of nitrogens with one attached hydrogen (secondary N) is 2. The molecule has 2 atom stereocenters. The van der Waals surface area contributed by atoms with E-state index in [2.05, 4.69) is 10.6 Å². The number of ether oxygens (including phenoxy) is 1. The summed E-state index contributed by atoms with van der Waals surface area (Å²) in [5.74, 6) is -2.33. The lowest BCUT2D eigenvalue weighted by Crippen LogP contribution is -2.43. The van der Waals surface area contributed by atoms with Gasteiger partial charge in [0.15, 0.2) is 0 Å². The molecule has 1 aliphatic heterocycles. The molecule has 0 aliphatic carbocycles. The first-order valence-corrected chi connectivity index (χ1v) is 6.70. The van der Waals surface area contributed by atoms with Crippen molar-refractivity contribution in [2.45, 2.75) is 31.9 Å². The van der Waals surface area contributed by atoms with E-state index >= 15 is 0 Å². The summed E-state index contributed by atoms with van der Waals surface area (Å²) in [5.41, 5.74) is -0.642. The van der Waals surface area contributed by atoms with Crippen LogP contribution in [0.2, 0.25) is 0 Å². The van der Waals surface area contributed by atoms with E-state index in [4.69, 9.17) is 9.84 Å². The van der Waals surface area contributed by atoms with Gasteiger partial charge in [0.05, 0.1) is 17.8 Å². The lowest BCUT2D eigenvalue weighted by molar-refractivity contribution is 0.0693. The third-order valence-corrected chi connectivity index (χ3v) is 3.36. The van der Waals surface area contributed by atoms with Gasteiger partial charge in [-0.25, -0.2) is 14.0 Å². The molecule has 114 valence electrons. The van der Waals surface area contributed by atoms with Crippen LogP contribution in [0.5, 0.6) is 0 Å². The number of hydrogen-bond acceptors (Lipinski definition) is 3. The van der Waals surface area contributed by atoms with Gasteiger partial charge in [0.2, 0.25) is 0 Å². The van der Waals surface area contributed by atoms with E-state index in [1.54, 1.807) is 6.92 Å². The Labute approximate surface area is 121 Å². The van der Waals surface area contributed by atoms with E-state index in [0.29, 0.717) is 6.61 Å². The van der Waals surface area contributed by atoms with Gasteiger partial charge in [0.1, 0.15) is 11.4 Å². The first-order valence-electron chi connectivity index (χ1n) is 6.70. The molecule has 1 aromatic carbocycles. The van der Waals surface area contributed by atoms with Gasteiger partial charge in [0, 0.05) is 6.61 Å². The predicted molar refractivity (Wildman–Crippen MR) is 73.9 cm³/mol. The van der Waals surface area contributed by atoms with Gasteiger partial charge in [-0.3, -0.25) is 0 Å². The average Bonchev–Trinajstić information content (AvgIpc) is 2.91. The Hall–Kier alpha value is -2.15. The van der Waals surface area contributed by atoms with Gasteiger partial charge in [-0.1, -0.05) is 6.07 Å². The highest BCUT2D eigenvalue weighted by Gasteiger charge is 2.24. The summed E-state index contributed by atoms with van der Waals surface area (Å²) in [6, 6.07) is 2.89. The van der Waals surface area contributed by atoms with Crippen LogP contribution < -0.4 is 10.6 Å². The Balaban J connectivity index is 2.02. The molecule has 1 aromatic rings. The molecule has 7 heteroatoms. The summed E-state index contributed by atoms with van der Waals surface area (Å²) in [5, 5.41) is 14.0. The van der Waals surface area contributed by atoms with Crippen molar-refractivity contribution in [2.24, 2.45) is 0 Å². The van der Waals surface area contributed by atoms with Crippen molar-refractivity contribution in [2.75, 3.05) is 11.9 Å². The smallest absolute Gasteiger partial charge is 0.340 e. The van der Waals surface area contributed by atoms with E-state index in [0.717, 1.165) is 18.9 Å². The van der Waals surface area contributed by atoms with Gasteiger partial charge >= 0.3 is 12.0 Å². The molecule has 0 saturated carbocycles. The molecule has 0 spiro atoms. The molecule has 6 nitrogen and oxygen atoms in total. The number of anilines is 1. The van der Waals surface area contributed by atoms with Crippen LogP contribution in [-0.4, -0.2) is 35.9 Å². The van der Waals surface area contributed by atoms with Gasteiger partial charge in [0.25, 0.3) is 0 Å². The van der Waals surface area contributed by atoms with Crippen LogP contribution in [0, 0.1) is 5.82 Å². The highest BCUT2D eigenvalue weighted by molar-refractivity contribution is 6.00. The summed E-state index contributed by atoms with van der Waals surface area (Å²) in [6.07, 6.45) is 1.76. The molecular weight excluding hydrogens is 279 g/mol. The number of halogens is 1. The van der Waals surface area contributed by atoms with Crippen molar-refractivity contribution in [3.63, 3.8) is 0 Å². The molecule has 3 N–H and O–H groups in total. The third kappa shape index (κ3) is 3.69. The maximum Gasteiger partial charge on any atom is 0.340 e. The quantitative estimate of drug-likeness (QED) is 0.795. The summed E-state index contributed by atoms with van der Waals surface area (Å²) < 4.78 is 18.9. The van der Waals surface area contributed by atoms with Gasteiger partial charge < -0.3 is 20.5 Å². The monoisotopic (exact) mass is 296 g/mol. The number of benzene rings is 1. The number of urea groups is 1. The van der Waals surface area contributed by atoms with Crippen LogP contribution in [0.4, 0.5) is 14.9 Å². The Kier molecular flexibility index (Phi) is 4.74. The van der Waals surface area contributed by atoms with Crippen molar-refractivity contribution < 1.29 is 23.8 Å². The molecule has 1 saturated heterocycles. The summed E-state index contributed by atoms with van der Waals surface area (Å²) in [4.78, 5) is 22.9. The highest BCUT2D eigenvalue weighted by Crippen LogP contribution is 2.19. The number of rotatable bonds is 4. The Morgan fingerprint density at radius 2 is 2.24 bits per heavy atom. The highest BCUT2D eigenvalue weighted by atomic mass is 19.1. The minimum atomic E-state index is -1.43. The number of carboxylic acids is 1. The minimum Gasteiger partial charge on any atom is -0.478 e. The van der Waals surface area contributed by atoms with E-state index in [9.17, 15) is 14.0 Å². The minimum absolute atomic E-state index is 0.0535. The fourth-order valence-corrected chi connectivity index (χ4v) is 2.30. The zero-order valence-corrected chi connectivity index (χ0v) is 11.6. The zero-order chi connectivity index (χ0) is 15.4. The second-order valence-corrected chi connectivity index (χ2v) is 4.91. The zero-order valence-electron chi connectivity index (χ0n) is 11.6. The molecule has 2 rings (SSSR count). The van der Waals surface area contributed by atoms with Gasteiger partial charge in [-0.05, 0) is 31.9 Å². The fourth-order valence-electron chi connectivity index (χ4n) is 2.30. The van der Waals surface area contributed by atoms with Crippen LogP contribution in [0.15, 0.2) is 18.2 Å². The molecule has 0 bridgehead atoms. The normalized spacial score (nSPS) is 19.0. The lowest BCUT2D eigenvalue weighted by atomic mass is 10.1. The number of carboxylic acid groups (broad SMARTS) is 1. The van der Waals surface area contributed by atoms with E-state index in [-0.39, 0.29) is 17.8 Å². The molecule has 1 aliphatic rings. The number of aromatic carboxylic acids is 1. The fraction of sp³-hybridized carbons (Fsp3) is 0.429. The van der Waals surface area contributed by atoms with Crippen molar-refractivity contribution in [3.8, 4) is 0 Å². The molecule has 1 heterocycles. The summed E-state index contributed by atoms with van der Waals surface area (Å²) in [7, 11) is 0. The van der Waals surface area contributed by atoms with Crippen molar-refractivity contribution in [3.05, 3.63) is 29.6 Å². The summed E-state index contributed by atoms with van der Waals surface area (Å²) in [6.45, 7) is 2.48. The number of carbonyl (C=O) groups excluding carboxylic acids is 1. The van der Waals surface area contributed by atoms with Crippen molar-refractivity contribution >= 4 is 17.7 Å². The molecular formula is C14H17FN2O4. The molecule has 0 radical (unpaired) electrons. The van der Waals surface area contributed by atoms with Crippen LogP contribution in [-0.2, 0) is 4.74 Å². The second-order valence-electron chi connectivity index (χ2n) is 4.91. The first-order chi connectivity index (χ1) is 9.99. The number of carbonyl (C=O) groups is 2. The first kappa shape index (κ1) is 15.2. The van der Waals surface area contributed by atoms with Gasteiger partial charge in [-0.2, -0.15) is 0 Å². The van der Waals surface area contributed by atoms with Crippen molar-refractivity contribution in [1.29, 1.82) is 0 Å². The molecule has 2 amide bonds. The largest absolute Gasteiger partial charge is 0.478 e. The van der Waals surface area contributed by atoms with E-state index < -0.39 is 23.4 Å². The summed E-state index contributed by atoms with van der Waals surface area (Å²) >= 11 is 0. The standard InChI is InChI=1S/C14H17FN2O4/c1-8(11-6-3-7-21-11)16-14(20)17-10-5-2-4-9(15)12(10)13(18)19/h2,4-5,8,11H,3,6-7H2,1H3,(H,18,19)(H2,16,17,20). The number of hydrogen-bond donors (Lipinski definition) is 3. The van der Waals surface area contributed by atoms with Crippen LogP contribution >= 0.6 is 0 Å². The van der Waals surface area contributed by atoms with E-state index in [1.807, 2.05) is 0 Å². The van der Waals surface area contributed by atoms with Crippen LogP contribution in [0.3, 0.4) is 0 Å². The topological polar surface area (TPSA) is 87.7 Å². The third-order valence-electron chi connectivity index (χ3n) is 3.36. The Bertz CT molecular complexity index is 544. The number of amides is 2. The Morgan fingerprint density at radius 3 is 2.86 bits per heavy atom. The molecule has 21 heavy (non-hydrogen) atoms. The average molecular weight is 296 g/mol. The van der Waals surface area contributed by atoms with Gasteiger partial charge in [-0.15, -0.1) is 0 Å². The molecule has 0 aromatic heterocycles. The maximum atomic E-state index is 13.5. The second kappa shape index (κ2) is 6.53. The molecule has 1 fully saturated rings. The maximum absolute atomic E-state index is 13.5. The lowest BCUT2D eigenvalue weighted by Gasteiger charge is -2.20. The molecule has 2 unspecified atom stereocenters. The predicted octanol–water partition coefficient (Wildman–Crippen LogP) is 2.21. The van der Waals surface area contributed by atoms with Crippen LogP contribution in [0.1, 0.15) is 30.1 Å². The van der Waals surface area contributed by atoms with Crippen LogP contribution in [0.25, 0.3) is 0 Å². The van der Waals surface area contributed by atoms with Crippen molar-refractivity contribution in [1.82, 2.24) is 5.32 Å². The SMILES string of the molecule is CC(NC(=O)Nc1cccc(F)c1C(=O)O)C1CCCO1.